The van der Waals surface area contributed by atoms with Gasteiger partial charge in [0, 0.05) is 12.8 Å². The van der Waals surface area contributed by atoms with E-state index in [1.807, 2.05) is 33.3 Å². The Hall–Kier alpha value is -2.29. The molecule has 0 aromatic carbocycles. The number of phosphoric acid groups is 1. The molecule has 0 bridgehead atoms. The van der Waals surface area contributed by atoms with Gasteiger partial charge in [0.2, 0.25) is 5.91 Å². The summed E-state index contributed by atoms with van der Waals surface area (Å²) in [5.41, 5.74) is 0. The van der Waals surface area contributed by atoms with Gasteiger partial charge in [-0.2, -0.15) is 0 Å². The largest absolute Gasteiger partial charge is 0.472 e. The number of allylic oxidation sites excluding steroid dienone is 9. The Morgan fingerprint density at radius 2 is 0.718 bits per heavy atom. The van der Waals surface area contributed by atoms with Crippen molar-refractivity contribution in [1.29, 1.82) is 0 Å². The van der Waals surface area contributed by atoms with Crippen molar-refractivity contribution in [3.05, 3.63) is 60.8 Å². The number of phosphoric ester groups is 1. The van der Waals surface area contributed by atoms with Crippen molar-refractivity contribution in [3.8, 4) is 0 Å². The first-order valence-corrected chi connectivity index (χ1v) is 38.1. The normalized spacial score (nSPS) is 13.8. The standard InChI is InChI=1S/C75H141N2O7P/c1-7-10-13-16-19-22-25-27-29-31-33-35-37-38-40-41-43-45-47-49-52-55-58-61-64-67-74(78)76-72(71-83-85(80,81)82-70-69-77(4,5)6)73(66-63-60-57-54-51-24-21-18-15-12-9-3)84-75(79)68-65-62-59-56-53-50-48-46-44-42-39-36-34-32-30-28-26-23-20-17-14-11-8-2/h20,23,27-30,34,36,63,66,72-73H,7-19,21-22,24-26,31-33,35,37-62,64-65,67-71H2,1-6H3,(H-,76,78,80,81)/p+1/b23-20-,29-27+,30-28-,36-34-,66-63+. The van der Waals surface area contributed by atoms with Crippen molar-refractivity contribution in [2.75, 3.05) is 40.9 Å². The summed E-state index contributed by atoms with van der Waals surface area (Å²) in [6.45, 7) is 7.02. The second-order valence-corrected chi connectivity index (χ2v) is 27.6. The molecule has 3 atom stereocenters. The Labute approximate surface area is 528 Å². The summed E-state index contributed by atoms with van der Waals surface area (Å²) >= 11 is 0. The highest BCUT2D eigenvalue weighted by atomic mass is 31.2. The Bertz CT molecular complexity index is 1640. The molecule has 0 aliphatic heterocycles. The predicted molar refractivity (Wildman–Crippen MR) is 369 cm³/mol. The first-order valence-electron chi connectivity index (χ1n) is 36.6. The third kappa shape index (κ3) is 66.0. The maximum absolute atomic E-state index is 13.6. The Kier molecular flexibility index (Phi) is 62.9. The van der Waals surface area contributed by atoms with E-state index in [2.05, 4.69) is 74.7 Å². The highest BCUT2D eigenvalue weighted by Crippen LogP contribution is 2.43. The molecule has 2 N–H and O–H groups in total. The van der Waals surface area contributed by atoms with E-state index in [9.17, 15) is 19.0 Å². The molecule has 0 radical (unpaired) electrons. The second-order valence-electron chi connectivity index (χ2n) is 26.1. The summed E-state index contributed by atoms with van der Waals surface area (Å²) in [5, 5.41) is 3.07. The number of rotatable bonds is 67. The minimum Gasteiger partial charge on any atom is -0.456 e. The van der Waals surface area contributed by atoms with Gasteiger partial charge in [-0.25, -0.2) is 4.57 Å². The molecule has 1 amide bonds. The number of nitrogens with zero attached hydrogens (tertiary/aromatic N) is 1. The van der Waals surface area contributed by atoms with Crippen LogP contribution in [0.3, 0.4) is 0 Å². The number of likely N-dealkylation sites (N-methyl/N-ethyl adjacent to an activating group) is 1. The summed E-state index contributed by atoms with van der Waals surface area (Å²) < 4.78 is 30.8. The van der Waals surface area contributed by atoms with Crippen molar-refractivity contribution >= 4 is 19.7 Å². The lowest BCUT2D eigenvalue weighted by atomic mass is 10.0. The minimum atomic E-state index is -4.45. The maximum atomic E-state index is 13.6. The van der Waals surface area contributed by atoms with Crippen molar-refractivity contribution < 1.29 is 37.3 Å². The number of amides is 1. The van der Waals surface area contributed by atoms with Gasteiger partial charge < -0.3 is 19.4 Å². The lowest BCUT2D eigenvalue weighted by Crippen LogP contribution is -2.47. The molecule has 0 heterocycles. The number of quaternary nitrogens is 1. The molecule has 0 aliphatic rings. The van der Waals surface area contributed by atoms with Gasteiger partial charge in [-0.15, -0.1) is 0 Å². The zero-order valence-corrected chi connectivity index (χ0v) is 58.0. The van der Waals surface area contributed by atoms with Gasteiger partial charge in [0.25, 0.3) is 0 Å². The van der Waals surface area contributed by atoms with Crippen molar-refractivity contribution in [1.82, 2.24) is 5.32 Å². The summed E-state index contributed by atoms with van der Waals surface area (Å²) in [6, 6.07) is -0.850. The maximum Gasteiger partial charge on any atom is 0.472 e. The molecule has 0 spiro atoms. The highest BCUT2D eigenvalue weighted by molar-refractivity contribution is 7.47. The van der Waals surface area contributed by atoms with Gasteiger partial charge in [0.05, 0.1) is 33.8 Å². The predicted octanol–water partition coefficient (Wildman–Crippen LogP) is 23.3. The van der Waals surface area contributed by atoms with Crippen molar-refractivity contribution in [2.45, 2.75) is 367 Å². The van der Waals surface area contributed by atoms with Crippen LogP contribution in [0.25, 0.3) is 0 Å². The molecule has 0 saturated carbocycles. The molecular weight excluding hydrogens is 1070 g/mol. The van der Waals surface area contributed by atoms with Gasteiger partial charge in [-0.3, -0.25) is 18.6 Å². The van der Waals surface area contributed by atoms with E-state index in [-0.39, 0.29) is 31.5 Å². The minimum absolute atomic E-state index is 0.0400. The van der Waals surface area contributed by atoms with Crippen molar-refractivity contribution in [3.63, 3.8) is 0 Å². The topological polar surface area (TPSA) is 111 Å². The number of unbranched alkanes of at least 4 members (excludes halogenated alkanes) is 43. The van der Waals surface area contributed by atoms with E-state index in [1.165, 1.54) is 250 Å². The molecule has 0 fully saturated rings. The highest BCUT2D eigenvalue weighted by Gasteiger charge is 2.30. The summed E-state index contributed by atoms with van der Waals surface area (Å²) in [6.07, 6.45) is 83.8. The van der Waals surface area contributed by atoms with E-state index in [1.54, 1.807) is 0 Å². The number of hydrogen-bond donors (Lipinski definition) is 2. The Morgan fingerprint density at radius 3 is 1.11 bits per heavy atom. The lowest BCUT2D eigenvalue weighted by Gasteiger charge is -2.27. The van der Waals surface area contributed by atoms with Gasteiger partial charge in [-0.05, 0) is 96.0 Å². The molecule has 498 valence electrons. The number of ether oxygens (including phenoxy) is 1. The molecule has 0 aromatic rings. The summed E-state index contributed by atoms with van der Waals surface area (Å²) in [7, 11) is 1.50. The molecule has 0 aromatic heterocycles. The first kappa shape index (κ1) is 82.7. The summed E-state index contributed by atoms with van der Waals surface area (Å²) in [5.74, 6) is -0.496. The van der Waals surface area contributed by atoms with Crippen LogP contribution in [0.4, 0.5) is 0 Å². The molecule has 0 saturated heterocycles. The van der Waals surface area contributed by atoms with Crippen LogP contribution in [0.5, 0.6) is 0 Å². The van der Waals surface area contributed by atoms with Crippen LogP contribution in [0, 0.1) is 0 Å². The molecular formula is C75H142N2O7P+. The van der Waals surface area contributed by atoms with E-state index < -0.39 is 20.0 Å². The molecule has 0 aliphatic carbocycles. The van der Waals surface area contributed by atoms with Crippen LogP contribution in [0.1, 0.15) is 355 Å². The van der Waals surface area contributed by atoms with Gasteiger partial charge in [0.1, 0.15) is 19.3 Å². The third-order valence-electron chi connectivity index (χ3n) is 16.4. The number of hydrogen-bond acceptors (Lipinski definition) is 6. The van der Waals surface area contributed by atoms with E-state index in [0.29, 0.717) is 17.4 Å². The fourth-order valence-electron chi connectivity index (χ4n) is 10.8. The number of esters is 1. The van der Waals surface area contributed by atoms with E-state index in [4.69, 9.17) is 13.8 Å². The summed E-state index contributed by atoms with van der Waals surface area (Å²) in [4.78, 5) is 37.9. The van der Waals surface area contributed by atoms with Gasteiger partial charge in [-0.1, -0.05) is 307 Å². The molecule has 85 heavy (non-hydrogen) atoms. The van der Waals surface area contributed by atoms with Gasteiger partial charge in [0.15, 0.2) is 0 Å². The fraction of sp³-hybridized carbons (Fsp3) is 0.840. The van der Waals surface area contributed by atoms with Crippen LogP contribution in [0.15, 0.2) is 60.8 Å². The fourth-order valence-corrected chi connectivity index (χ4v) is 11.5. The Balaban J connectivity index is 4.98. The van der Waals surface area contributed by atoms with E-state index >= 15 is 0 Å². The second kappa shape index (κ2) is 64.7. The number of carbonyl (C=O) groups excluding carboxylic acids is 2. The van der Waals surface area contributed by atoms with Crippen LogP contribution < -0.4 is 5.32 Å². The average molecular weight is 1210 g/mol. The zero-order valence-electron chi connectivity index (χ0n) is 57.1. The molecule has 0 rings (SSSR count). The number of nitrogens with one attached hydrogen (secondary N) is 1. The monoisotopic (exact) mass is 1210 g/mol. The molecule has 9 nitrogen and oxygen atoms in total. The SMILES string of the molecule is CCCCC/C=C\C/C=C\C/C=C\CCCCCCCCCCCCC(=O)OC(/C=C/CCCCCCCCCCC)C(COP(=O)(O)OCC[N+](C)(C)C)NC(=O)CCCCCCCCCCCCCCCCC/C=C/CCCCCCCC. The first-order chi connectivity index (χ1) is 41.4. The van der Waals surface area contributed by atoms with Crippen LogP contribution in [0.2, 0.25) is 0 Å². The Morgan fingerprint density at radius 1 is 0.412 bits per heavy atom. The number of carbonyl (C=O) groups is 2. The van der Waals surface area contributed by atoms with Crippen LogP contribution in [-0.2, 0) is 27.9 Å². The molecule has 10 heteroatoms. The van der Waals surface area contributed by atoms with Crippen molar-refractivity contribution in [2.24, 2.45) is 0 Å². The van der Waals surface area contributed by atoms with Gasteiger partial charge >= 0.3 is 13.8 Å². The van der Waals surface area contributed by atoms with Crippen LogP contribution in [-0.4, -0.2) is 74.3 Å². The van der Waals surface area contributed by atoms with E-state index in [0.717, 1.165) is 70.6 Å². The lowest BCUT2D eigenvalue weighted by molar-refractivity contribution is -0.870. The average Bonchev–Trinajstić information content (AvgIpc) is 3.62. The quantitative estimate of drug-likeness (QED) is 0.0205. The zero-order chi connectivity index (χ0) is 62.1. The van der Waals surface area contributed by atoms with Crippen LogP contribution >= 0.6 is 7.82 Å². The smallest absolute Gasteiger partial charge is 0.456 e. The molecule has 3 unspecified atom stereocenters. The third-order valence-corrected chi connectivity index (χ3v) is 17.4.